The number of carbonyl (C=O) groups is 1. The van der Waals surface area contributed by atoms with Gasteiger partial charge in [0.25, 0.3) is 5.91 Å². The zero-order chi connectivity index (χ0) is 17.0. The van der Waals surface area contributed by atoms with Crippen LogP contribution in [0.25, 0.3) is 0 Å². The number of benzene rings is 1. The summed E-state index contributed by atoms with van der Waals surface area (Å²) in [5.74, 6) is 0.549. The Morgan fingerprint density at radius 1 is 1.04 bits per heavy atom. The van der Waals surface area contributed by atoms with Crippen molar-refractivity contribution in [1.29, 1.82) is 0 Å². The molecule has 5 nitrogen and oxygen atoms in total. The summed E-state index contributed by atoms with van der Waals surface area (Å²) in [6, 6.07) is 4.11. The first kappa shape index (κ1) is 16.9. The second-order valence-corrected chi connectivity index (χ2v) is 5.66. The molecule has 0 saturated carbocycles. The summed E-state index contributed by atoms with van der Waals surface area (Å²) in [6.45, 7) is 11.9. The zero-order valence-electron chi connectivity index (χ0n) is 14.5. The normalized spacial score (nSPS) is 10.5. The maximum absolute atomic E-state index is 12.4. The number of nitrogens with one attached hydrogen (secondary N) is 1. The Hall–Kier alpha value is -2.43. The predicted molar refractivity (Wildman–Crippen MR) is 94.2 cm³/mol. The lowest BCUT2D eigenvalue weighted by atomic mass is 10.1. The number of aryl methyl sites for hydroxylation is 3. The van der Waals surface area contributed by atoms with Gasteiger partial charge in [0.05, 0.1) is 12.4 Å². The number of carbonyl (C=O) groups excluding carboxylic acids is 1. The third-order valence-electron chi connectivity index (χ3n) is 3.87. The first-order valence-electron chi connectivity index (χ1n) is 7.92. The molecule has 1 heterocycles. The van der Waals surface area contributed by atoms with Gasteiger partial charge < -0.3 is 10.2 Å². The molecule has 5 heteroatoms. The number of anilines is 2. The molecular weight excluding hydrogens is 288 g/mol. The van der Waals surface area contributed by atoms with E-state index in [0.717, 1.165) is 35.7 Å². The molecule has 0 aliphatic rings. The van der Waals surface area contributed by atoms with E-state index in [4.69, 9.17) is 0 Å². The van der Waals surface area contributed by atoms with Crippen LogP contribution in [0.4, 0.5) is 11.5 Å². The van der Waals surface area contributed by atoms with Crippen LogP contribution in [0.5, 0.6) is 0 Å². The Labute approximate surface area is 137 Å². The van der Waals surface area contributed by atoms with Crippen molar-refractivity contribution in [3.8, 4) is 0 Å². The van der Waals surface area contributed by atoms with Crippen LogP contribution >= 0.6 is 0 Å². The van der Waals surface area contributed by atoms with Gasteiger partial charge in [-0.2, -0.15) is 0 Å². The molecule has 2 rings (SSSR count). The van der Waals surface area contributed by atoms with E-state index in [1.807, 2.05) is 20.8 Å². The fourth-order valence-electron chi connectivity index (χ4n) is 2.70. The van der Waals surface area contributed by atoms with E-state index in [2.05, 4.69) is 46.2 Å². The first-order valence-corrected chi connectivity index (χ1v) is 7.92. The molecule has 0 atom stereocenters. The van der Waals surface area contributed by atoms with Gasteiger partial charge >= 0.3 is 0 Å². The number of hydrogen-bond donors (Lipinski definition) is 1. The number of aromatic nitrogens is 2. The van der Waals surface area contributed by atoms with Gasteiger partial charge in [0.1, 0.15) is 11.5 Å². The van der Waals surface area contributed by atoms with E-state index in [1.54, 1.807) is 6.20 Å². The second-order valence-electron chi connectivity index (χ2n) is 5.66. The number of hydrogen-bond acceptors (Lipinski definition) is 4. The lowest BCUT2D eigenvalue weighted by molar-refractivity contribution is 0.102. The van der Waals surface area contributed by atoms with E-state index in [0.29, 0.717) is 5.69 Å². The Balaban J connectivity index is 2.19. The zero-order valence-corrected chi connectivity index (χ0v) is 14.5. The molecular formula is C18H24N4O. The summed E-state index contributed by atoms with van der Waals surface area (Å²) in [4.78, 5) is 23.1. The monoisotopic (exact) mass is 312 g/mol. The first-order chi connectivity index (χ1) is 11.0. The minimum absolute atomic E-state index is 0.237. The van der Waals surface area contributed by atoms with Crippen LogP contribution in [-0.4, -0.2) is 29.0 Å². The van der Waals surface area contributed by atoms with Crippen molar-refractivity contribution in [1.82, 2.24) is 9.97 Å². The highest BCUT2D eigenvalue weighted by Gasteiger charge is 2.13. The highest BCUT2D eigenvalue weighted by Crippen LogP contribution is 2.22. The van der Waals surface area contributed by atoms with Crippen molar-refractivity contribution in [2.24, 2.45) is 0 Å². The minimum Gasteiger partial charge on any atom is -0.356 e. The summed E-state index contributed by atoms with van der Waals surface area (Å²) >= 11 is 0. The highest BCUT2D eigenvalue weighted by molar-refractivity contribution is 6.03. The molecule has 1 aromatic heterocycles. The Morgan fingerprint density at radius 2 is 1.65 bits per heavy atom. The molecule has 23 heavy (non-hydrogen) atoms. The largest absolute Gasteiger partial charge is 0.356 e. The highest BCUT2D eigenvalue weighted by atomic mass is 16.1. The van der Waals surface area contributed by atoms with Crippen molar-refractivity contribution < 1.29 is 4.79 Å². The van der Waals surface area contributed by atoms with Gasteiger partial charge in [-0.1, -0.05) is 17.7 Å². The van der Waals surface area contributed by atoms with Crippen LogP contribution in [-0.2, 0) is 0 Å². The quantitative estimate of drug-likeness (QED) is 0.918. The van der Waals surface area contributed by atoms with Crippen LogP contribution in [0.3, 0.4) is 0 Å². The van der Waals surface area contributed by atoms with E-state index in [9.17, 15) is 4.79 Å². The molecule has 0 radical (unpaired) electrons. The van der Waals surface area contributed by atoms with E-state index in [1.165, 1.54) is 11.8 Å². The lowest BCUT2D eigenvalue weighted by Crippen LogP contribution is -2.24. The fourth-order valence-corrected chi connectivity index (χ4v) is 2.70. The predicted octanol–water partition coefficient (Wildman–Crippen LogP) is 3.50. The second kappa shape index (κ2) is 7.22. The molecule has 0 unspecified atom stereocenters. The Bertz CT molecular complexity index is 668. The molecule has 1 N–H and O–H groups in total. The van der Waals surface area contributed by atoms with Gasteiger partial charge in [-0.3, -0.25) is 4.79 Å². The summed E-state index contributed by atoms with van der Waals surface area (Å²) in [5.41, 5.74) is 4.43. The van der Waals surface area contributed by atoms with Gasteiger partial charge in [0.15, 0.2) is 0 Å². The number of rotatable bonds is 5. The van der Waals surface area contributed by atoms with Crippen LogP contribution in [0, 0.1) is 20.8 Å². The summed E-state index contributed by atoms with van der Waals surface area (Å²) in [6.07, 6.45) is 3.18. The average Bonchev–Trinajstić information content (AvgIpc) is 2.52. The Morgan fingerprint density at radius 3 is 2.13 bits per heavy atom. The molecule has 122 valence electrons. The van der Waals surface area contributed by atoms with Crippen molar-refractivity contribution in [3.63, 3.8) is 0 Å². The SMILES string of the molecule is CCN(CC)c1cnc(C(=O)Nc2c(C)cc(C)cc2C)cn1. The number of amides is 1. The maximum atomic E-state index is 12.4. The number of nitrogens with zero attached hydrogens (tertiary/aromatic N) is 3. The summed E-state index contributed by atoms with van der Waals surface area (Å²) in [5, 5.41) is 2.94. The molecule has 0 aliphatic heterocycles. The minimum atomic E-state index is -0.237. The van der Waals surface area contributed by atoms with Crippen LogP contribution in [0.15, 0.2) is 24.5 Å². The maximum Gasteiger partial charge on any atom is 0.275 e. The van der Waals surface area contributed by atoms with E-state index < -0.39 is 0 Å². The molecule has 0 aliphatic carbocycles. The molecule has 2 aromatic rings. The van der Waals surface area contributed by atoms with Gasteiger partial charge in [-0.25, -0.2) is 9.97 Å². The molecule has 0 fully saturated rings. The van der Waals surface area contributed by atoms with Gasteiger partial charge in [-0.05, 0) is 45.7 Å². The van der Waals surface area contributed by atoms with Gasteiger partial charge in [0, 0.05) is 18.8 Å². The van der Waals surface area contributed by atoms with Crippen LogP contribution < -0.4 is 10.2 Å². The molecule has 0 spiro atoms. The summed E-state index contributed by atoms with van der Waals surface area (Å²) in [7, 11) is 0. The van der Waals surface area contributed by atoms with Gasteiger partial charge in [-0.15, -0.1) is 0 Å². The smallest absolute Gasteiger partial charge is 0.275 e. The third kappa shape index (κ3) is 3.86. The Kier molecular flexibility index (Phi) is 5.32. The average molecular weight is 312 g/mol. The molecule has 0 bridgehead atoms. The third-order valence-corrected chi connectivity index (χ3v) is 3.87. The van der Waals surface area contributed by atoms with Crippen molar-refractivity contribution in [2.45, 2.75) is 34.6 Å². The fraction of sp³-hybridized carbons (Fsp3) is 0.389. The van der Waals surface area contributed by atoms with Gasteiger partial charge in [0.2, 0.25) is 0 Å². The standard InChI is InChI=1S/C18H24N4O/c1-6-22(7-2)16-11-19-15(10-20-16)18(23)21-17-13(4)8-12(3)9-14(17)5/h8-11H,6-7H2,1-5H3,(H,21,23). The topological polar surface area (TPSA) is 58.1 Å². The van der Waals surface area contributed by atoms with Crippen LogP contribution in [0.2, 0.25) is 0 Å². The molecule has 1 aromatic carbocycles. The lowest BCUT2D eigenvalue weighted by Gasteiger charge is -2.19. The summed E-state index contributed by atoms with van der Waals surface area (Å²) < 4.78 is 0. The molecule has 1 amide bonds. The van der Waals surface area contributed by atoms with Crippen molar-refractivity contribution >= 4 is 17.4 Å². The van der Waals surface area contributed by atoms with Crippen molar-refractivity contribution in [3.05, 3.63) is 46.9 Å². The van der Waals surface area contributed by atoms with E-state index >= 15 is 0 Å². The van der Waals surface area contributed by atoms with Crippen molar-refractivity contribution in [2.75, 3.05) is 23.3 Å². The molecule has 0 saturated heterocycles. The van der Waals surface area contributed by atoms with E-state index in [-0.39, 0.29) is 5.91 Å². The van der Waals surface area contributed by atoms with Crippen LogP contribution in [0.1, 0.15) is 41.0 Å².